The van der Waals surface area contributed by atoms with E-state index in [1.807, 2.05) is 11.7 Å². The number of nitrogens with one attached hydrogen (secondary N) is 1. The highest BCUT2D eigenvalue weighted by Crippen LogP contribution is 2.24. The second-order valence-corrected chi connectivity index (χ2v) is 6.70. The third-order valence-corrected chi connectivity index (χ3v) is 3.50. The van der Waals surface area contributed by atoms with Gasteiger partial charge in [0.25, 0.3) is 0 Å². The van der Waals surface area contributed by atoms with Crippen LogP contribution in [0, 0.1) is 0 Å². The molecule has 0 aliphatic heterocycles. The molecular formula is C16H31N3. The number of hydrogen-bond donors (Lipinski definition) is 1. The van der Waals surface area contributed by atoms with Crippen molar-refractivity contribution in [2.24, 2.45) is 7.05 Å². The molecule has 0 aliphatic carbocycles. The largest absolute Gasteiger partial charge is 0.310 e. The molecule has 1 aromatic heterocycles. The molecule has 0 saturated carbocycles. The summed E-state index contributed by atoms with van der Waals surface area (Å²) < 4.78 is 1.93. The highest BCUT2D eigenvalue weighted by atomic mass is 15.3. The van der Waals surface area contributed by atoms with Crippen molar-refractivity contribution in [3.05, 3.63) is 17.5 Å². The fourth-order valence-electron chi connectivity index (χ4n) is 2.39. The smallest absolute Gasteiger partial charge is 0.0722 e. The van der Waals surface area contributed by atoms with Crippen LogP contribution < -0.4 is 5.32 Å². The highest BCUT2D eigenvalue weighted by molar-refractivity contribution is 5.23. The van der Waals surface area contributed by atoms with E-state index in [0.29, 0.717) is 6.04 Å². The minimum absolute atomic E-state index is 0.115. The van der Waals surface area contributed by atoms with Crippen molar-refractivity contribution in [1.29, 1.82) is 0 Å². The summed E-state index contributed by atoms with van der Waals surface area (Å²) in [5, 5.41) is 8.24. The first-order chi connectivity index (χ1) is 8.84. The van der Waals surface area contributed by atoms with Gasteiger partial charge in [-0.05, 0) is 13.3 Å². The second kappa shape index (κ2) is 7.09. The Labute approximate surface area is 118 Å². The first-order valence-corrected chi connectivity index (χ1v) is 7.61. The maximum absolute atomic E-state index is 4.61. The van der Waals surface area contributed by atoms with Gasteiger partial charge in [0, 0.05) is 36.8 Å². The molecule has 0 fully saturated rings. The lowest BCUT2D eigenvalue weighted by Gasteiger charge is -2.19. The summed E-state index contributed by atoms with van der Waals surface area (Å²) in [4.78, 5) is 0. The van der Waals surface area contributed by atoms with Crippen LogP contribution in [0.3, 0.4) is 0 Å². The fraction of sp³-hybridized carbons (Fsp3) is 0.812. The predicted octanol–water partition coefficient (Wildman–Crippen LogP) is 3.78. The zero-order valence-corrected chi connectivity index (χ0v) is 13.6. The van der Waals surface area contributed by atoms with Gasteiger partial charge in [-0.3, -0.25) is 4.68 Å². The van der Waals surface area contributed by atoms with Crippen molar-refractivity contribution in [1.82, 2.24) is 15.1 Å². The predicted molar refractivity (Wildman–Crippen MR) is 82.4 cm³/mol. The van der Waals surface area contributed by atoms with Gasteiger partial charge in [-0.15, -0.1) is 0 Å². The zero-order chi connectivity index (χ0) is 14.5. The van der Waals surface area contributed by atoms with Gasteiger partial charge in [-0.1, -0.05) is 47.0 Å². The summed E-state index contributed by atoms with van der Waals surface area (Å²) in [6.45, 7) is 12.1. The average Bonchev–Trinajstić information content (AvgIpc) is 2.68. The molecule has 3 heteroatoms. The van der Waals surface area contributed by atoms with Crippen LogP contribution in [0.4, 0.5) is 0 Å². The maximum atomic E-state index is 4.61. The van der Waals surface area contributed by atoms with Crippen molar-refractivity contribution < 1.29 is 0 Å². The van der Waals surface area contributed by atoms with Crippen LogP contribution >= 0.6 is 0 Å². The molecule has 110 valence electrons. The monoisotopic (exact) mass is 265 g/mol. The molecule has 1 rings (SSSR count). The molecule has 1 N–H and O–H groups in total. The minimum Gasteiger partial charge on any atom is -0.310 e. The molecule has 0 spiro atoms. The van der Waals surface area contributed by atoms with Crippen LogP contribution in [-0.2, 0) is 19.0 Å². The Balaban J connectivity index is 2.53. The van der Waals surface area contributed by atoms with Crippen LogP contribution in [0.25, 0.3) is 0 Å². The van der Waals surface area contributed by atoms with Crippen molar-refractivity contribution in [2.45, 2.75) is 78.3 Å². The number of aryl methyl sites for hydroxylation is 1. The number of unbranched alkanes of at least 4 members (excludes halogenated alkanes) is 2. The summed E-state index contributed by atoms with van der Waals surface area (Å²) in [5.74, 6) is 0. The summed E-state index contributed by atoms with van der Waals surface area (Å²) >= 11 is 0. The molecule has 0 saturated heterocycles. The van der Waals surface area contributed by atoms with E-state index in [9.17, 15) is 0 Å². The number of aromatic nitrogens is 2. The molecule has 0 bridgehead atoms. The van der Waals surface area contributed by atoms with E-state index in [1.165, 1.54) is 36.9 Å². The van der Waals surface area contributed by atoms with E-state index >= 15 is 0 Å². The van der Waals surface area contributed by atoms with E-state index in [2.05, 4.69) is 51.2 Å². The Morgan fingerprint density at radius 3 is 2.58 bits per heavy atom. The van der Waals surface area contributed by atoms with Gasteiger partial charge in [0.15, 0.2) is 0 Å². The average molecular weight is 265 g/mol. The Bertz CT molecular complexity index is 374. The Kier molecular flexibility index (Phi) is 6.05. The SMILES string of the molecule is CCCCCC(C)NCc1cn(C)nc1C(C)(C)C. The van der Waals surface area contributed by atoms with E-state index in [4.69, 9.17) is 0 Å². The normalized spacial score (nSPS) is 13.8. The van der Waals surface area contributed by atoms with E-state index < -0.39 is 0 Å². The van der Waals surface area contributed by atoms with Crippen LogP contribution in [0.5, 0.6) is 0 Å². The summed E-state index contributed by atoms with van der Waals surface area (Å²) in [5.41, 5.74) is 2.66. The van der Waals surface area contributed by atoms with Gasteiger partial charge in [-0.25, -0.2) is 0 Å². The zero-order valence-electron chi connectivity index (χ0n) is 13.6. The van der Waals surface area contributed by atoms with Crippen LogP contribution in [0.15, 0.2) is 6.20 Å². The molecule has 1 atom stereocenters. The fourth-order valence-corrected chi connectivity index (χ4v) is 2.39. The Morgan fingerprint density at radius 1 is 1.32 bits per heavy atom. The van der Waals surface area contributed by atoms with Gasteiger partial charge in [0.1, 0.15) is 0 Å². The van der Waals surface area contributed by atoms with Crippen molar-refractivity contribution in [2.75, 3.05) is 0 Å². The molecule has 1 aromatic rings. The van der Waals surface area contributed by atoms with Gasteiger partial charge >= 0.3 is 0 Å². The van der Waals surface area contributed by atoms with E-state index in [1.54, 1.807) is 0 Å². The van der Waals surface area contributed by atoms with Crippen LogP contribution in [0.2, 0.25) is 0 Å². The van der Waals surface area contributed by atoms with E-state index in [0.717, 1.165) is 6.54 Å². The standard InChI is InChI=1S/C16H31N3/c1-7-8-9-10-13(2)17-11-14-12-19(6)18-15(14)16(3,4)5/h12-13,17H,7-11H2,1-6H3. The molecule has 0 amide bonds. The lowest BCUT2D eigenvalue weighted by atomic mass is 9.89. The first kappa shape index (κ1) is 16.2. The van der Waals surface area contributed by atoms with Crippen molar-refractivity contribution >= 4 is 0 Å². The maximum Gasteiger partial charge on any atom is 0.0722 e. The summed E-state index contributed by atoms with van der Waals surface area (Å²) in [6, 6.07) is 0.583. The molecule has 1 heterocycles. The molecule has 0 aliphatic rings. The Hall–Kier alpha value is -0.830. The van der Waals surface area contributed by atoms with Crippen LogP contribution in [0.1, 0.15) is 71.6 Å². The third kappa shape index (κ3) is 5.35. The molecule has 0 radical (unpaired) electrons. The Morgan fingerprint density at radius 2 is 2.00 bits per heavy atom. The van der Waals surface area contributed by atoms with Crippen molar-refractivity contribution in [3.8, 4) is 0 Å². The minimum atomic E-state index is 0.115. The number of rotatable bonds is 7. The molecule has 1 unspecified atom stereocenters. The lowest BCUT2D eigenvalue weighted by Crippen LogP contribution is -2.26. The van der Waals surface area contributed by atoms with Gasteiger partial charge < -0.3 is 5.32 Å². The second-order valence-electron chi connectivity index (χ2n) is 6.70. The highest BCUT2D eigenvalue weighted by Gasteiger charge is 2.21. The summed E-state index contributed by atoms with van der Waals surface area (Å²) in [7, 11) is 2.00. The van der Waals surface area contributed by atoms with Crippen LogP contribution in [-0.4, -0.2) is 15.8 Å². The quantitative estimate of drug-likeness (QED) is 0.760. The number of hydrogen-bond acceptors (Lipinski definition) is 2. The third-order valence-electron chi connectivity index (χ3n) is 3.50. The van der Waals surface area contributed by atoms with Crippen molar-refractivity contribution in [3.63, 3.8) is 0 Å². The topological polar surface area (TPSA) is 29.9 Å². The number of nitrogens with zero attached hydrogens (tertiary/aromatic N) is 2. The van der Waals surface area contributed by atoms with Gasteiger partial charge in [0.2, 0.25) is 0 Å². The molecule has 19 heavy (non-hydrogen) atoms. The molecular weight excluding hydrogens is 234 g/mol. The lowest BCUT2D eigenvalue weighted by molar-refractivity contribution is 0.480. The van der Waals surface area contributed by atoms with Gasteiger partial charge in [0.05, 0.1) is 5.69 Å². The van der Waals surface area contributed by atoms with Gasteiger partial charge in [-0.2, -0.15) is 5.10 Å². The van der Waals surface area contributed by atoms with E-state index in [-0.39, 0.29) is 5.41 Å². The summed E-state index contributed by atoms with van der Waals surface area (Å²) in [6.07, 6.45) is 7.37. The molecule has 3 nitrogen and oxygen atoms in total. The first-order valence-electron chi connectivity index (χ1n) is 7.61. The molecule has 0 aromatic carbocycles.